The summed E-state index contributed by atoms with van der Waals surface area (Å²) in [5.74, 6) is -0.291. The molecule has 1 heterocycles. The van der Waals surface area contributed by atoms with Gasteiger partial charge in [0.05, 0.1) is 23.1 Å². The Morgan fingerprint density at radius 3 is 2.62 bits per heavy atom. The molecule has 3 aromatic rings. The largest absolute Gasteiger partial charge is 0.322 e. The Bertz CT molecular complexity index is 885. The van der Waals surface area contributed by atoms with Crippen LogP contribution in [0.1, 0.15) is 34.8 Å². The summed E-state index contributed by atoms with van der Waals surface area (Å²) in [7, 11) is 0. The average Bonchev–Trinajstić information content (AvgIpc) is 3.33. The number of aromatic nitrogens is 2. The van der Waals surface area contributed by atoms with Gasteiger partial charge in [-0.2, -0.15) is 5.10 Å². The number of benzene rings is 2. The van der Waals surface area contributed by atoms with Crippen molar-refractivity contribution in [2.24, 2.45) is 0 Å². The molecule has 5 heteroatoms. The number of rotatable bonds is 4. The molecule has 1 saturated carbocycles. The summed E-state index contributed by atoms with van der Waals surface area (Å²) in [4.78, 5) is 12.6. The number of hydrogen-bond acceptors (Lipinski definition) is 2. The fourth-order valence-corrected chi connectivity index (χ4v) is 2.82. The third kappa shape index (κ3) is 2.80. The first-order valence-electron chi connectivity index (χ1n) is 7.92. The SMILES string of the molecule is O=C(Nc1cccc(F)c1)c1cnn(-c2ccccc2)c1C1CC1. The van der Waals surface area contributed by atoms with Crippen molar-refractivity contribution in [3.63, 3.8) is 0 Å². The molecule has 4 nitrogen and oxygen atoms in total. The van der Waals surface area contributed by atoms with Gasteiger partial charge in [0.1, 0.15) is 5.82 Å². The lowest BCUT2D eigenvalue weighted by Crippen LogP contribution is -2.14. The van der Waals surface area contributed by atoms with Crippen molar-refractivity contribution in [2.75, 3.05) is 5.32 Å². The van der Waals surface area contributed by atoms with Gasteiger partial charge in [0, 0.05) is 11.6 Å². The zero-order chi connectivity index (χ0) is 16.5. The van der Waals surface area contributed by atoms with E-state index in [0.717, 1.165) is 24.2 Å². The summed E-state index contributed by atoms with van der Waals surface area (Å²) in [6.45, 7) is 0. The number of carbonyl (C=O) groups is 1. The maximum atomic E-state index is 13.3. The van der Waals surface area contributed by atoms with Crippen LogP contribution in [-0.2, 0) is 0 Å². The number of carbonyl (C=O) groups excluding carboxylic acids is 1. The van der Waals surface area contributed by atoms with Crippen LogP contribution in [0.25, 0.3) is 5.69 Å². The Morgan fingerprint density at radius 2 is 1.92 bits per heavy atom. The lowest BCUT2D eigenvalue weighted by atomic mass is 10.1. The Balaban J connectivity index is 1.68. The molecule has 2 aromatic carbocycles. The van der Waals surface area contributed by atoms with Crippen molar-refractivity contribution in [3.05, 3.63) is 77.9 Å². The highest BCUT2D eigenvalue weighted by Crippen LogP contribution is 2.42. The minimum atomic E-state index is -0.379. The average molecular weight is 321 g/mol. The van der Waals surface area contributed by atoms with E-state index < -0.39 is 0 Å². The van der Waals surface area contributed by atoms with E-state index in [1.54, 1.807) is 18.3 Å². The first-order chi connectivity index (χ1) is 11.7. The summed E-state index contributed by atoms with van der Waals surface area (Å²) in [6, 6.07) is 15.6. The van der Waals surface area contributed by atoms with Crippen LogP contribution in [0.15, 0.2) is 60.8 Å². The summed E-state index contributed by atoms with van der Waals surface area (Å²) in [6.07, 6.45) is 3.70. The molecule has 0 atom stereocenters. The van der Waals surface area contributed by atoms with Crippen LogP contribution in [0.3, 0.4) is 0 Å². The summed E-state index contributed by atoms with van der Waals surface area (Å²) in [5, 5.41) is 7.16. The van der Waals surface area contributed by atoms with Crippen LogP contribution in [-0.4, -0.2) is 15.7 Å². The molecule has 0 radical (unpaired) electrons. The fraction of sp³-hybridized carbons (Fsp3) is 0.158. The monoisotopic (exact) mass is 321 g/mol. The van der Waals surface area contributed by atoms with Crippen LogP contribution in [0.4, 0.5) is 10.1 Å². The second kappa shape index (κ2) is 5.92. The van der Waals surface area contributed by atoms with Gasteiger partial charge in [0.15, 0.2) is 0 Å². The number of halogens is 1. The van der Waals surface area contributed by atoms with Gasteiger partial charge in [0.2, 0.25) is 0 Å². The number of nitrogens with zero attached hydrogens (tertiary/aromatic N) is 2. The van der Waals surface area contributed by atoms with Crippen molar-refractivity contribution >= 4 is 11.6 Å². The predicted octanol–water partition coefficient (Wildman–Crippen LogP) is 4.14. The topological polar surface area (TPSA) is 46.9 Å². The van der Waals surface area contributed by atoms with Crippen molar-refractivity contribution < 1.29 is 9.18 Å². The number of hydrogen-bond donors (Lipinski definition) is 1. The molecule has 0 unspecified atom stereocenters. The van der Waals surface area contributed by atoms with Gasteiger partial charge < -0.3 is 5.32 Å². The van der Waals surface area contributed by atoms with Crippen LogP contribution in [0.2, 0.25) is 0 Å². The normalized spacial score (nSPS) is 13.7. The number of nitrogens with one attached hydrogen (secondary N) is 1. The lowest BCUT2D eigenvalue weighted by Gasteiger charge is -2.09. The minimum Gasteiger partial charge on any atom is -0.322 e. The van der Waals surface area contributed by atoms with Gasteiger partial charge in [-0.25, -0.2) is 9.07 Å². The van der Waals surface area contributed by atoms with E-state index in [-0.39, 0.29) is 11.7 Å². The van der Waals surface area contributed by atoms with Gasteiger partial charge in [0.25, 0.3) is 5.91 Å². The first-order valence-corrected chi connectivity index (χ1v) is 7.92. The second-order valence-electron chi connectivity index (χ2n) is 5.93. The predicted molar refractivity (Wildman–Crippen MR) is 89.9 cm³/mol. The third-order valence-corrected chi connectivity index (χ3v) is 4.10. The Morgan fingerprint density at radius 1 is 1.12 bits per heavy atom. The Hall–Kier alpha value is -2.95. The lowest BCUT2D eigenvalue weighted by molar-refractivity contribution is 0.102. The van der Waals surface area contributed by atoms with Gasteiger partial charge in [-0.15, -0.1) is 0 Å². The molecule has 120 valence electrons. The molecular formula is C19H16FN3O. The van der Waals surface area contributed by atoms with Gasteiger partial charge in [-0.1, -0.05) is 24.3 Å². The quantitative estimate of drug-likeness (QED) is 0.785. The van der Waals surface area contributed by atoms with Crippen LogP contribution in [0, 0.1) is 5.82 Å². The molecule has 1 fully saturated rings. The second-order valence-corrected chi connectivity index (χ2v) is 5.93. The van der Waals surface area contributed by atoms with Crippen molar-refractivity contribution in [3.8, 4) is 5.69 Å². The van der Waals surface area contributed by atoms with E-state index in [1.807, 2.05) is 35.0 Å². The van der Waals surface area contributed by atoms with E-state index in [2.05, 4.69) is 10.4 Å². The molecule has 24 heavy (non-hydrogen) atoms. The molecule has 0 aliphatic heterocycles. The van der Waals surface area contributed by atoms with E-state index in [9.17, 15) is 9.18 Å². The molecule has 4 rings (SSSR count). The molecular weight excluding hydrogens is 305 g/mol. The fourth-order valence-electron chi connectivity index (χ4n) is 2.82. The molecule has 1 aromatic heterocycles. The number of para-hydroxylation sites is 1. The highest BCUT2D eigenvalue weighted by atomic mass is 19.1. The number of amides is 1. The molecule has 1 N–H and O–H groups in total. The molecule has 1 amide bonds. The minimum absolute atomic E-state index is 0.260. The maximum Gasteiger partial charge on any atom is 0.259 e. The molecule has 0 bridgehead atoms. The van der Waals surface area contributed by atoms with Crippen LogP contribution in [0.5, 0.6) is 0 Å². The van der Waals surface area contributed by atoms with Crippen molar-refractivity contribution in [1.82, 2.24) is 9.78 Å². The molecule has 0 saturated heterocycles. The summed E-state index contributed by atoms with van der Waals surface area (Å²) >= 11 is 0. The molecule has 0 spiro atoms. The summed E-state index contributed by atoms with van der Waals surface area (Å²) in [5.41, 5.74) is 2.85. The highest BCUT2D eigenvalue weighted by Gasteiger charge is 2.32. The van der Waals surface area contributed by atoms with Gasteiger partial charge >= 0.3 is 0 Å². The van der Waals surface area contributed by atoms with E-state index in [4.69, 9.17) is 0 Å². The standard InChI is InChI=1S/C19H16FN3O/c20-14-5-4-6-15(11-14)22-19(24)17-12-21-23(18(17)13-9-10-13)16-7-2-1-3-8-16/h1-8,11-13H,9-10H2,(H,22,24). The maximum absolute atomic E-state index is 13.3. The Labute approximate surface area is 138 Å². The van der Waals surface area contributed by atoms with Crippen LogP contribution >= 0.6 is 0 Å². The highest BCUT2D eigenvalue weighted by molar-refractivity contribution is 6.05. The van der Waals surface area contributed by atoms with Crippen molar-refractivity contribution in [1.29, 1.82) is 0 Å². The van der Waals surface area contributed by atoms with Gasteiger partial charge in [-0.3, -0.25) is 4.79 Å². The zero-order valence-electron chi connectivity index (χ0n) is 12.9. The molecule has 1 aliphatic carbocycles. The first kappa shape index (κ1) is 14.6. The molecule has 1 aliphatic rings. The van der Waals surface area contributed by atoms with E-state index in [0.29, 0.717) is 17.2 Å². The van der Waals surface area contributed by atoms with Crippen LogP contribution < -0.4 is 5.32 Å². The van der Waals surface area contributed by atoms with E-state index >= 15 is 0 Å². The third-order valence-electron chi connectivity index (χ3n) is 4.10. The van der Waals surface area contributed by atoms with Gasteiger partial charge in [-0.05, 0) is 43.2 Å². The smallest absolute Gasteiger partial charge is 0.259 e. The summed E-state index contributed by atoms with van der Waals surface area (Å²) < 4.78 is 15.1. The zero-order valence-corrected chi connectivity index (χ0v) is 12.9. The van der Waals surface area contributed by atoms with E-state index in [1.165, 1.54) is 12.1 Å². The van der Waals surface area contributed by atoms with Crippen molar-refractivity contribution in [2.45, 2.75) is 18.8 Å². The Kier molecular flexibility index (Phi) is 3.61. The number of anilines is 1.